The lowest BCUT2D eigenvalue weighted by Gasteiger charge is -2.10. The molecular formula is C17H14ClF3N6S. The molecule has 1 aromatic carbocycles. The fraction of sp³-hybridized carbons (Fsp3) is 0.176. The summed E-state index contributed by atoms with van der Waals surface area (Å²) in [6.45, 7) is 1.93. The van der Waals surface area contributed by atoms with Crippen molar-refractivity contribution in [1.29, 1.82) is 0 Å². The predicted molar refractivity (Wildman–Crippen MR) is 103 cm³/mol. The van der Waals surface area contributed by atoms with E-state index in [1.807, 2.05) is 31.2 Å². The van der Waals surface area contributed by atoms with Crippen LogP contribution in [0, 0.1) is 6.92 Å². The number of nitrogens with one attached hydrogen (secondary N) is 1. The van der Waals surface area contributed by atoms with E-state index in [-0.39, 0.29) is 27.7 Å². The first-order chi connectivity index (χ1) is 13.2. The van der Waals surface area contributed by atoms with Crippen LogP contribution < -0.4 is 11.1 Å². The number of thioether (sulfide) groups is 1. The van der Waals surface area contributed by atoms with E-state index in [4.69, 9.17) is 17.3 Å². The summed E-state index contributed by atoms with van der Waals surface area (Å²) in [6.07, 6.45) is -3.76. The SMILES string of the molecule is Cc1ccccc1Nc1nc(N)nc(CSc2ncc(C(F)(F)F)cc2Cl)n1. The number of aromatic nitrogens is 4. The Bertz CT molecular complexity index is 999. The number of para-hydroxylation sites is 1. The standard InChI is InChI=1S/C17H14ClF3N6S/c1-9-4-2-3-5-12(9)24-16-26-13(25-15(22)27-16)8-28-14-11(18)6-10(7-23-14)17(19,20)21/h2-7H,8H2,1H3,(H3,22,24,25,26,27). The van der Waals surface area contributed by atoms with Crippen molar-refractivity contribution in [2.24, 2.45) is 0 Å². The Balaban J connectivity index is 1.75. The monoisotopic (exact) mass is 426 g/mol. The molecule has 2 aromatic heterocycles. The second kappa shape index (κ2) is 8.19. The summed E-state index contributed by atoms with van der Waals surface area (Å²) in [4.78, 5) is 16.2. The van der Waals surface area contributed by atoms with Gasteiger partial charge >= 0.3 is 6.18 Å². The van der Waals surface area contributed by atoms with Crippen molar-refractivity contribution in [3.05, 3.63) is 58.5 Å². The van der Waals surface area contributed by atoms with Crippen LogP contribution in [0.5, 0.6) is 0 Å². The Morgan fingerprint density at radius 1 is 1.18 bits per heavy atom. The van der Waals surface area contributed by atoms with Gasteiger partial charge in [0.25, 0.3) is 0 Å². The van der Waals surface area contributed by atoms with E-state index in [1.54, 1.807) is 0 Å². The Labute approximate surface area is 167 Å². The zero-order valence-electron chi connectivity index (χ0n) is 14.5. The molecule has 0 aliphatic rings. The predicted octanol–water partition coefficient (Wildman–Crippen LogP) is 4.87. The normalized spacial score (nSPS) is 11.5. The molecule has 0 bridgehead atoms. The highest BCUT2D eigenvalue weighted by Gasteiger charge is 2.31. The average Bonchev–Trinajstić information content (AvgIpc) is 2.61. The number of halogens is 4. The molecule has 0 unspecified atom stereocenters. The third kappa shape index (κ3) is 5.02. The molecule has 2 heterocycles. The van der Waals surface area contributed by atoms with Crippen molar-refractivity contribution in [3.63, 3.8) is 0 Å². The first-order valence-electron chi connectivity index (χ1n) is 7.91. The third-order valence-corrected chi connectivity index (χ3v) is 4.96. The Hall–Kier alpha value is -2.59. The second-order valence-corrected chi connectivity index (χ2v) is 7.04. The van der Waals surface area contributed by atoms with Gasteiger partial charge in [-0.05, 0) is 24.6 Å². The Morgan fingerprint density at radius 3 is 2.61 bits per heavy atom. The lowest BCUT2D eigenvalue weighted by Crippen LogP contribution is -2.07. The molecule has 3 N–H and O–H groups in total. The summed E-state index contributed by atoms with van der Waals surface area (Å²) in [5, 5.41) is 3.21. The van der Waals surface area contributed by atoms with Gasteiger partial charge in [0.05, 0.1) is 16.3 Å². The highest BCUT2D eigenvalue weighted by molar-refractivity contribution is 7.98. The van der Waals surface area contributed by atoms with Crippen molar-refractivity contribution in [1.82, 2.24) is 19.9 Å². The van der Waals surface area contributed by atoms with Crippen LogP contribution in [0.4, 0.5) is 30.8 Å². The molecule has 6 nitrogen and oxygen atoms in total. The number of nitrogen functional groups attached to an aromatic ring is 1. The van der Waals surface area contributed by atoms with Crippen LogP contribution in [-0.2, 0) is 11.9 Å². The van der Waals surface area contributed by atoms with Gasteiger partial charge in [-0.15, -0.1) is 0 Å². The van der Waals surface area contributed by atoms with Crippen LogP contribution in [0.25, 0.3) is 0 Å². The van der Waals surface area contributed by atoms with Gasteiger partial charge in [-0.2, -0.15) is 28.1 Å². The van der Waals surface area contributed by atoms with E-state index in [9.17, 15) is 13.2 Å². The molecule has 28 heavy (non-hydrogen) atoms. The molecule has 11 heteroatoms. The van der Waals surface area contributed by atoms with Gasteiger partial charge in [-0.1, -0.05) is 41.6 Å². The topological polar surface area (TPSA) is 89.6 Å². The molecule has 0 radical (unpaired) electrons. The molecule has 0 saturated heterocycles. The molecule has 146 valence electrons. The van der Waals surface area contributed by atoms with Crippen molar-refractivity contribution < 1.29 is 13.2 Å². The minimum Gasteiger partial charge on any atom is -0.368 e. The molecule has 0 saturated carbocycles. The second-order valence-electron chi connectivity index (χ2n) is 5.67. The minimum atomic E-state index is -4.50. The van der Waals surface area contributed by atoms with E-state index >= 15 is 0 Å². The van der Waals surface area contributed by atoms with E-state index < -0.39 is 11.7 Å². The van der Waals surface area contributed by atoms with Gasteiger partial charge in [0, 0.05) is 11.9 Å². The van der Waals surface area contributed by atoms with Gasteiger partial charge < -0.3 is 11.1 Å². The summed E-state index contributed by atoms with van der Waals surface area (Å²) in [5.74, 6) is 0.830. The van der Waals surface area contributed by atoms with E-state index in [0.717, 1.165) is 35.3 Å². The minimum absolute atomic E-state index is 0.0214. The zero-order valence-corrected chi connectivity index (χ0v) is 16.0. The highest BCUT2D eigenvalue weighted by Crippen LogP contribution is 2.34. The van der Waals surface area contributed by atoms with Crippen molar-refractivity contribution >= 4 is 40.9 Å². The number of nitrogens with zero attached hydrogens (tertiary/aromatic N) is 4. The van der Waals surface area contributed by atoms with Gasteiger partial charge in [-0.3, -0.25) is 0 Å². The summed E-state index contributed by atoms with van der Waals surface area (Å²) < 4.78 is 38.1. The fourth-order valence-electron chi connectivity index (χ4n) is 2.21. The first-order valence-corrected chi connectivity index (χ1v) is 9.27. The number of pyridine rings is 1. The van der Waals surface area contributed by atoms with Gasteiger partial charge in [-0.25, -0.2) is 4.98 Å². The molecule has 0 atom stereocenters. The maximum Gasteiger partial charge on any atom is 0.417 e. The van der Waals surface area contributed by atoms with Crippen LogP contribution in [0.2, 0.25) is 5.02 Å². The maximum absolute atomic E-state index is 12.7. The number of hydrogen-bond acceptors (Lipinski definition) is 7. The van der Waals surface area contributed by atoms with E-state index in [2.05, 4.69) is 25.3 Å². The lowest BCUT2D eigenvalue weighted by atomic mass is 10.2. The highest BCUT2D eigenvalue weighted by atomic mass is 35.5. The molecule has 3 rings (SSSR count). The maximum atomic E-state index is 12.7. The van der Waals surface area contributed by atoms with Crippen molar-refractivity contribution in [3.8, 4) is 0 Å². The molecule has 0 aliphatic heterocycles. The fourth-order valence-corrected chi connectivity index (χ4v) is 3.26. The molecule has 0 amide bonds. The van der Waals surface area contributed by atoms with Crippen LogP contribution in [0.1, 0.15) is 17.0 Å². The molecule has 3 aromatic rings. The zero-order chi connectivity index (χ0) is 20.3. The van der Waals surface area contributed by atoms with Crippen LogP contribution in [0.15, 0.2) is 41.6 Å². The molecule has 0 spiro atoms. The Kier molecular flexibility index (Phi) is 5.90. The van der Waals surface area contributed by atoms with Crippen molar-refractivity contribution in [2.75, 3.05) is 11.1 Å². The van der Waals surface area contributed by atoms with Crippen LogP contribution in [0.3, 0.4) is 0 Å². The number of nitrogens with two attached hydrogens (primary N) is 1. The Morgan fingerprint density at radius 2 is 1.93 bits per heavy atom. The number of anilines is 3. The average molecular weight is 427 g/mol. The first kappa shape index (κ1) is 20.2. The summed E-state index contributed by atoms with van der Waals surface area (Å²) in [6, 6.07) is 8.42. The van der Waals surface area contributed by atoms with Gasteiger partial charge in [0.2, 0.25) is 11.9 Å². The largest absolute Gasteiger partial charge is 0.417 e. The summed E-state index contributed by atoms with van der Waals surface area (Å²) in [5.41, 5.74) is 6.65. The number of aryl methyl sites for hydroxylation is 1. The molecule has 0 fully saturated rings. The van der Waals surface area contributed by atoms with Gasteiger partial charge in [0.1, 0.15) is 10.9 Å². The van der Waals surface area contributed by atoms with Gasteiger partial charge in [0.15, 0.2) is 0 Å². The number of benzene rings is 1. The number of hydrogen-bond donors (Lipinski definition) is 2. The lowest BCUT2D eigenvalue weighted by molar-refractivity contribution is -0.137. The van der Waals surface area contributed by atoms with Crippen LogP contribution in [-0.4, -0.2) is 19.9 Å². The summed E-state index contributed by atoms with van der Waals surface area (Å²) >= 11 is 7.02. The van der Waals surface area contributed by atoms with E-state index in [0.29, 0.717) is 5.82 Å². The third-order valence-electron chi connectivity index (χ3n) is 3.56. The smallest absolute Gasteiger partial charge is 0.368 e. The number of alkyl halides is 3. The van der Waals surface area contributed by atoms with Crippen LogP contribution >= 0.6 is 23.4 Å². The summed E-state index contributed by atoms with van der Waals surface area (Å²) in [7, 11) is 0. The quantitative estimate of drug-likeness (QED) is 0.563. The van der Waals surface area contributed by atoms with Crippen molar-refractivity contribution in [2.45, 2.75) is 23.9 Å². The molecular weight excluding hydrogens is 413 g/mol. The number of rotatable bonds is 5. The van der Waals surface area contributed by atoms with E-state index in [1.165, 1.54) is 0 Å². The molecule has 0 aliphatic carbocycles.